The summed E-state index contributed by atoms with van der Waals surface area (Å²) in [5.41, 5.74) is 5.78. The van der Waals surface area contributed by atoms with E-state index in [1.165, 1.54) is 12.1 Å². The van der Waals surface area contributed by atoms with Crippen LogP contribution < -0.4 is 5.73 Å². The summed E-state index contributed by atoms with van der Waals surface area (Å²) < 4.78 is 27.2. The van der Waals surface area contributed by atoms with Gasteiger partial charge in [0.2, 0.25) is 0 Å². The predicted molar refractivity (Wildman–Crippen MR) is 61.0 cm³/mol. The first-order valence-corrected chi connectivity index (χ1v) is 5.29. The van der Waals surface area contributed by atoms with Crippen molar-refractivity contribution in [1.29, 1.82) is 0 Å². The van der Waals surface area contributed by atoms with Crippen molar-refractivity contribution in [3.05, 3.63) is 33.8 Å². The maximum Gasteiger partial charge on any atom is 0.132 e. The van der Waals surface area contributed by atoms with Crippen LogP contribution in [0.3, 0.4) is 0 Å². The van der Waals surface area contributed by atoms with E-state index in [9.17, 15) is 8.78 Å². The Kier molecular flexibility index (Phi) is 4.09. The van der Waals surface area contributed by atoms with Crippen LogP contribution in [0.15, 0.2) is 16.6 Å². The summed E-state index contributed by atoms with van der Waals surface area (Å²) in [6.45, 7) is 0. The Hall–Kier alpha value is -0.190. The van der Waals surface area contributed by atoms with Crippen LogP contribution >= 0.6 is 28.3 Å². The average molecular weight is 299 g/mol. The first-order chi connectivity index (χ1) is 6.59. The highest BCUT2D eigenvalue weighted by Gasteiger charge is 2.33. The van der Waals surface area contributed by atoms with Gasteiger partial charge in [0.1, 0.15) is 11.6 Å². The van der Waals surface area contributed by atoms with Crippen molar-refractivity contribution in [3.8, 4) is 0 Å². The molecule has 1 atom stereocenters. The third-order valence-corrected chi connectivity index (χ3v) is 2.96. The van der Waals surface area contributed by atoms with Crippen LogP contribution in [0.5, 0.6) is 0 Å². The van der Waals surface area contributed by atoms with Crippen LogP contribution in [-0.2, 0) is 0 Å². The Morgan fingerprint density at radius 2 is 1.73 bits per heavy atom. The quantitative estimate of drug-likeness (QED) is 0.887. The van der Waals surface area contributed by atoms with Crippen molar-refractivity contribution in [3.63, 3.8) is 0 Å². The molecule has 0 spiro atoms. The molecule has 1 fully saturated rings. The average Bonchev–Trinajstić information content (AvgIpc) is 2.83. The van der Waals surface area contributed by atoms with Gasteiger partial charge in [-0.15, -0.1) is 12.4 Å². The number of nitrogens with two attached hydrogens (primary N) is 1. The number of halogens is 4. The molecule has 0 bridgehead atoms. The van der Waals surface area contributed by atoms with Gasteiger partial charge in [-0.3, -0.25) is 0 Å². The van der Waals surface area contributed by atoms with Crippen molar-refractivity contribution in [1.82, 2.24) is 0 Å². The molecule has 1 aromatic carbocycles. The number of hydrogen-bond donors (Lipinski definition) is 1. The summed E-state index contributed by atoms with van der Waals surface area (Å²) in [6.07, 6.45) is 1.94. The third-order valence-electron chi connectivity index (χ3n) is 2.51. The number of rotatable bonds is 2. The van der Waals surface area contributed by atoms with Crippen LogP contribution in [0.25, 0.3) is 0 Å². The Morgan fingerprint density at radius 1 is 1.27 bits per heavy atom. The SMILES string of the molecule is Cl.N[C@H](c1c(F)cc(Br)cc1F)C1CC1. The van der Waals surface area contributed by atoms with E-state index in [2.05, 4.69) is 15.9 Å². The second kappa shape index (κ2) is 4.76. The molecule has 0 aromatic heterocycles. The normalized spacial score (nSPS) is 17.1. The Labute approximate surface area is 102 Å². The highest BCUT2D eigenvalue weighted by atomic mass is 79.9. The molecule has 0 amide bonds. The summed E-state index contributed by atoms with van der Waals surface area (Å²) in [7, 11) is 0. The zero-order valence-corrected chi connectivity index (χ0v) is 10.2. The topological polar surface area (TPSA) is 26.0 Å². The monoisotopic (exact) mass is 297 g/mol. The summed E-state index contributed by atoms with van der Waals surface area (Å²) in [4.78, 5) is 0. The van der Waals surface area contributed by atoms with Crippen molar-refractivity contribution in [2.75, 3.05) is 0 Å². The molecule has 2 N–H and O–H groups in total. The Morgan fingerprint density at radius 3 is 2.13 bits per heavy atom. The summed E-state index contributed by atoms with van der Waals surface area (Å²) in [5, 5.41) is 0. The molecule has 0 unspecified atom stereocenters. The van der Waals surface area contributed by atoms with Gasteiger partial charge in [-0.05, 0) is 30.9 Å². The number of hydrogen-bond acceptors (Lipinski definition) is 1. The predicted octanol–water partition coefficient (Wildman–Crippen LogP) is 3.56. The third kappa shape index (κ3) is 2.68. The van der Waals surface area contributed by atoms with Crippen molar-refractivity contribution < 1.29 is 8.78 Å². The molecule has 1 saturated carbocycles. The van der Waals surface area contributed by atoms with E-state index in [-0.39, 0.29) is 23.9 Å². The molecule has 0 aliphatic heterocycles. The lowest BCUT2D eigenvalue weighted by molar-refractivity contribution is 0.502. The van der Waals surface area contributed by atoms with E-state index < -0.39 is 17.7 Å². The maximum absolute atomic E-state index is 13.4. The molecule has 2 rings (SSSR count). The second-order valence-corrected chi connectivity index (χ2v) is 4.56. The van der Waals surface area contributed by atoms with Gasteiger partial charge in [0, 0.05) is 16.1 Å². The highest BCUT2D eigenvalue weighted by Crippen LogP contribution is 2.41. The lowest BCUT2D eigenvalue weighted by atomic mass is 10.0. The zero-order chi connectivity index (χ0) is 10.3. The molecule has 5 heteroatoms. The highest BCUT2D eigenvalue weighted by molar-refractivity contribution is 9.10. The largest absolute Gasteiger partial charge is 0.324 e. The first kappa shape index (κ1) is 12.9. The van der Waals surface area contributed by atoms with E-state index >= 15 is 0 Å². The molecule has 0 saturated heterocycles. The van der Waals surface area contributed by atoms with Gasteiger partial charge < -0.3 is 5.73 Å². The molecule has 1 aliphatic rings. The lowest BCUT2D eigenvalue weighted by Gasteiger charge is -2.13. The first-order valence-electron chi connectivity index (χ1n) is 4.49. The van der Waals surface area contributed by atoms with Gasteiger partial charge in [-0.2, -0.15) is 0 Å². The van der Waals surface area contributed by atoms with Gasteiger partial charge in [0.15, 0.2) is 0 Å². The molecular weight excluding hydrogens is 287 g/mol. The van der Waals surface area contributed by atoms with E-state index in [0.29, 0.717) is 4.47 Å². The molecule has 84 valence electrons. The van der Waals surface area contributed by atoms with Gasteiger partial charge in [0.05, 0.1) is 0 Å². The van der Waals surface area contributed by atoms with Gasteiger partial charge in [-0.1, -0.05) is 15.9 Å². The van der Waals surface area contributed by atoms with Crippen LogP contribution in [0.1, 0.15) is 24.4 Å². The number of benzene rings is 1. The van der Waals surface area contributed by atoms with E-state index in [1.807, 2.05) is 0 Å². The summed E-state index contributed by atoms with van der Waals surface area (Å²) in [6, 6.07) is 2.00. The minimum Gasteiger partial charge on any atom is -0.324 e. The Balaban J connectivity index is 0.00000112. The maximum atomic E-state index is 13.4. The zero-order valence-electron chi connectivity index (χ0n) is 7.84. The van der Waals surface area contributed by atoms with Gasteiger partial charge >= 0.3 is 0 Å². The molecular formula is C10H11BrClF2N. The van der Waals surface area contributed by atoms with Gasteiger partial charge in [0.25, 0.3) is 0 Å². The summed E-state index contributed by atoms with van der Waals surface area (Å²) in [5.74, 6) is -0.868. The Bertz CT molecular complexity index is 345. The fourth-order valence-electron chi connectivity index (χ4n) is 1.56. The van der Waals surface area contributed by atoms with Crippen LogP contribution in [-0.4, -0.2) is 0 Å². The fraction of sp³-hybridized carbons (Fsp3) is 0.400. The van der Waals surface area contributed by atoms with Crippen molar-refractivity contribution >= 4 is 28.3 Å². The molecule has 15 heavy (non-hydrogen) atoms. The van der Waals surface area contributed by atoms with Crippen LogP contribution in [0.2, 0.25) is 0 Å². The fourth-order valence-corrected chi connectivity index (χ4v) is 1.96. The van der Waals surface area contributed by atoms with Crippen molar-refractivity contribution in [2.24, 2.45) is 11.7 Å². The molecule has 1 aromatic rings. The molecule has 0 heterocycles. The standard InChI is InChI=1S/C10H10BrF2N.ClH/c11-6-3-7(12)9(8(13)4-6)10(14)5-1-2-5;/h3-5,10H,1-2,14H2;1H/t10-;/m0./s1. The van der Waals surface area contributed by atoms with Gasteiger partial charge in [-0.25, -0.2) is 8.78 Å². The van der Waals surface area contributed by atoms with E-state index in [0.717, 1.165) is 12.8 Å². The molecule has 0 radical (unpaired) electrons. The van der Waals surface area contributed by atoms with E-state index in [1.54, 1.807) is 0 Å². The molecule has 1 aliphatic carbocycles. The minimum atomic E-state index is -0.559. The summed E-state index contributed by atoms with van der Waals surface area (Å²) >= 11 is 3.03. The van der Waals surface area contributed by atoms with Crippen molar-refractivity contribution in [2.45, 2.75) is 18.9 Å². The smallest absolute Gasteiger partial charge is 0.132 e. The minimum absolute atomic E-state index is 0. The van der Waals surface area contributed by atoms with E-state index in [4.69, 9.17) is 5.73 Å². The van der Waals surface area contributed by atoms with Crippen LogP contribution in [0, 0.1) is 17.6 Å². The molecule has 1 nitrogen and oxygen atoms in total. The van der Waals surface area contributed by atoms with Crippen LogP contribution in [0.4, 0.5) is 8.78 Å². The second-order valence-electron chi connectivity index (χ2n) is 3.65. The lowest BCUT2D eigenvalue weighted by Crippen LogP contribution is -2.16.